The second kappa shape index (κ2) is 9.47. The summed E-state index contributed by atoms with van der Waals surface area (Å²) in [6.45, 7) is 2.01. The summed E-state index contributed by atoms with van der Waals surface area (Å²) in [6.07, 6.45) is 6.89. The maximum absolute atomic E-state index is 14.9. The van der Waals surface area contributed by atoms with Crippen molar-refractivity contribution in [3.63, 3.8) is 0 Å². The molecule has 0 spiro atoms. The molecule has 1 aromatic heterocycles. The van der Waals surface area contributed by atoms with Crippen molar-refractivity contribution < 1.29 is 23.0 Å². The highest BCUT2D eigenvalue weighted by atomic mass is 19.2. The summed E-state index contributed by atoms with van der Waals surface area (Å²) in [4.78, 5) is 19.3. The summed E-state index contributed by atoms with van der Waals surface area (Å²) in [6, 6.07) is 7.29. The lowest BCUT2D eigenvalue weighted by Crippen LogP contribution is -2.42. The topological polar surface area (TPSA) is 56.6 Å². The normalized spacial score (nSPS) is 18.5. The van der Waals surface area contributed by atoms with Crippen LogP contribution in [0.1, 0.15) is 68.4 Å². The van der Waals surface area contributed by atoms with Crippen molar-refractivity contribution in [2.24, 2.45) is 0 Å². The van der Waals surface area contributed by atoms with Gasteiger partial charge in [0.2, 0.25) is 5.82 Å². The Labute approximate surface area is 203 Å². The number of rotatable bonds is 4. The number of amides is 1. The van der Waals surface area contributed by atoms with E-state index in [0.717, 1.165) is 60.8 Å². The Balaban J connectivity index is 1.66. The number of hydrogen-bond donors (Lipinski definition) is 0. The van der Waals surface area contributed by atoms with Crippen LogP contribution in [0.4, 0.5) is 19.3 Å². The number of hydrogen-bond acceptors (Lipinski definition) is 4. The van der Waals surface area contributed by atoms with Gasteiger partial charge in [0.1, 0.15) is 5.82 Å². The first-order chi connectivity index (χ1) is 16.9. The molecule has 1 amide bonds. The van der Waals surface area contributed by atoms with E-state index in [4.69, 9.17) is 14.5 Å². The maximum Gasteiger partial charge on any atom is 0.414 e. The molecule has 35 heavy (non-hydrogen) atoms. The molecule has 2 aliphatic rings. The van der Waals surface area contributed by atoms with Crippen molar-refractivity contribution in [1.82, 2.24) is 9.55 Å². The van der Waals surface area contributed by atoms with Gasteiger partial charge in [0.25, 0.3) is 0 Å². The number of imidazole rings is 1. The van der Waals surface area contributed by atoms with Crippen LogP contribution in [0.25, 0.3) is 11.0 Å². The standard InChI is InChI=1S/C27H31F2N3O3/c1-16-9-11-19-20(31(16)27(33)35-3)12-13-21-26(19)30-23(32(21)18-7-5-4-6-8-18)15-17-10-14-22(34-2)25(29)24(17)28/h10,12-14,16,18H,4-9,11,15H2,1-3H3/t16-/m0/s1. The predicted octanol–water partition coefficient (Wildman–Crippen LogP) is 6.33. The summed E-state index contributed by atoms with van der Waals surface area (Å²) >= 11 is 0. The number of methoxy groups -OCH3 is 2. The van der Waals surface area contributed by atoms with E-state index in [9.17, 15) is 13.6 Å². The van der Waals surface area contributed by atoms with E-state index >= 15 is 0 Å². The highest BCUT2D eigenvalue weighted by Crippen LogP contribution is 2.40. The molecular weight excluding hydrogens is 452 g/mol. The van der Waals surface area contributed by atoms with Crippen LogP contribution in [0.5, 0.6) is 5.75 Å². The number of nitrogens with zero attached hydrogens (tertiary/aromatic N) is 3. The summed E-state index contributed by atoms with van der Waals surface area (Å²) in [7, 11) is 2.71. The molecule has 6 nitrogen and oxygen atoms in total. The fraction of sp³-hybridized carbons (Fsp3) is 0.481. The van der Waals surface area contributed by atoms with Crippen LogP contribution >= 0.6 is 0 Å². The van der Waals surface area contributed by atoms with E-state index in [2.05, 4.69) is 4.57 Å². The zero-order valence-electron chi connectivity index (χ0n) is 20.4. The number of carbonyl (C=O) groups is 1. The van der Waals surface area contributed by atoms with Gasteiger partial charge >= 0.3 is 6.09 Å². The molecule has 0 radical (unpaired) electrons. The first-order valence-electron chi connectivity index (χ1n) is 12.3. The Bertz CT molecular complexity index is 1270. The fourth-order valence-corrected chi connectivity index (χ4v) is 5.73. The smallest absolute Gasteiger partial charge is 0.414 e. The summed E-state index contributed by atoms with van der Waals surface area (Å²) in [5, 5.41) is 0. The number of halogens is 2. The van der Waals surface area contributed by atoms with Crippen molar-refractivity contribution >= 4 is 22.8 Å². The van der Waals surface area contributed by atoms with Gasteiger partial charge in [-0.2, -0.15) is 4.39 Å². The third kappa shape index (κ3) is 4.02. The number of benzene rings is 2. The van der Waals surface area contributed by atoms with Crippen molar-refractivity contribution in [3.05, 3.63) is 52.9 Å². The van der Waals surface area contributed by atoms with Crippen molar-refractivity contribution in [2.45, 2.75) is 70.4 Å². The number of carbonyl (C=O) groups excluding carboxylic acids is 1. The quantitative estimate of drug-likeness (QED) is 0.435. The van der Waals surface area contributed by atoms with Gasteiger partial charge in [-0.1, -0.05) is 25.3 Å². The van der Waals surface area contributed by atoms with Gasteiger partial charge in [-0.3, -0.25) is 4.90 Å². The molecule has 1 atom stereocenters. The fourth-order valence-electron chi connectivity index (χ4n) is 5.73. The van der Waals surface area contributed by atoms with Gasteiger partial charge in [-0.15, -0.1) is 0 Å². The summed E-state index contributed by atoms with van der Waals surface area (Å²) < 4.78 is 41.6. The van der Waals surface area contributed by atoms with Gasteiger partial charge in [0.15, 0.2) is 11.6 Å². The van der Waals surface area contributed by atoms with Crippen LogP contribution < -0.4 is 9.64 Å². The SMILES string of the molecule is COC(=O)N1c2ccc3c(nc(Cc4ccc(OC)c(F)c4F)n3C3CCCCC3)c2CC[C@@H]1C. The molecule has 0 unspecified atom stereocenters. The van der Waals surface area contributed by atoms with Crippen molar-refractivity contribution in [2.75, 3.05) is 19.1 Å². The number of fused-ring (bicyclic) bond motifs is 3. The van der Waals surface area contributed by atoms with Crippen LogP contribution in [-0.4, -0.2) is 35.9 Å². The molecule has 2 aromatic carbocycles. The Morgan fingerprint density at radius 1 is 1.06 bits per heavy atom. The first kappa shape index (κ1) is 23.6. The highest BCUT2D eigenvalue weighted by molar-refractivity contribution is 5.95. The Morgan fingerprint density at radius 2 is 1.83 bits per heavy atom. The molecule has 8 heteroatoms. The van der Waals surface area contributed by atoms with E-state index in [1.54, 1.807) is 11.0 Å². The number of aromatic nitrogens is 2. The summed E-state index contributed by atoms with van der Waals surface area (Å²) in [5.74, 6) is -1.28. The Hall–Kier alpha value is -3.16. The number of ether oxygens (including phenoxy) is 2. The minimum Gasteiger partial charge on any atom is -0.494 e. The van der Waals surface area contributed by atoms with Crippen LogP contribution in [0.2, 0.25) is 0 Å². The molecule has 5 rings (SSSR count). The van der Waals surface area contributed by atoms with Gasteiger partial charge in [0.05, 0.1) is 30.9 Å². The van der Waals surface area contributed by atoms with E-state index in [1.165, 1.54) is 26.7 Å². The molecule has 0 saturated heterocycles. The van der Waals surface area contributed by atoms with E-state index < -0.39 is 11.6 Å². The van der Waals surface area contributed by atoms with Crippen molar-refractivity contribution in [3.8, 4) is 5.75 Å². The second-order valence-corrected chi connectivity index (χ2v) is 9.58. The third-order valence-corrected chi connectivity index (χ3v) is 7.53. The van der Waals surface area contributed by atoms with Crippen molar-refractivity contribution in [1.29, 1.82) is 0 Å². The van der Waals surface area contributed by atoms with E-state index in [1.807, 2.05) is 19.1 Å². The van der Waals surface area contributed by atoms with Crippen LogP contribution in [0.3, 0.4) is 0 Å². The molecule has 3 aromatic rings. The van der Waals surface area contributed by atoms with Crippen LogP contribution in [0.15, 0.2) is 24.3 Å². The zero-order valence-corrected chi connectivity index (χ0v) is 20.4. The Kier molecular flexibility index (Phi) is 6.38. The number of anilines is 1. The lowest BCUT2D eigenvalue weighted by atomic mass is 9.94. The number of aryl methyl sites for hydroxylation is 1. The maximum atomic E-state index is 14.9. The third-order valence-electron chi connectivity index (χ3n) is 7.53. The lowest BCUT2D eigenvalue weighted by molar-refractivity contribution is 0.175. The minimum atomic E-state index is -0.981. The molecule has 1 aliphatic heterocycles. The predicted molar refractivity (Wildman–Crippen MR) is 130 cm³/mol. The highest BCUT2D eigenvalue weighted by Gasteiger charge is 2.32. The monoisotopic (exact) mass is 483 g/mol. The zero-order chi connectivity index (χ0) is 24.7. The average molecular weight is 484 g/mol. The molecule has 1 saturated carbocycles. The molecule has 1 fully saturated rings. The second-order valence-electron chi connectivity index (χ2n) is 9.58. The van der Waals surface area contributed by atoms with Gasteiger partial charge in [0, 0.05) is 24.1 Å². The molecule has 0 N–H and O–H groups in total. The van der Waals surface area contributed by atoms with Crippen LogP contribution in [0, 0.1) is 11.6 Å². The summed E-state index contributed by atoms with van der Waals surface area (Å²) in [5.41, 5.74) is 3.87. The molecule has 186 valence electrons. The molecule has 1 aliphatic carbocycles. The minimum absolute atomic E-state index is 0.0173. The lowest BCUT2D eigenvalue weighted by Gasteiger charge is -2.34. The average Bonchev–Trinajstić information content (AvgIpc) is 3.25. The molecule has 2 heterocycles. The Morgan fingerprint density at radius 3 is 2.54 bits per heavy atom. The molecular formula is C27H31F2N3O3. The first-order valence-corrected chi connectivity index (χ1v) is 12.3. The van der Waals surface area contributed by atoms with E-state index in [-0.39, 0.29) is 35.9 Å². The van der Waals surface area contributed by atoms with Gasteiger partial charge in [-0.05, 0) is 56.4 Å². The van der Waals surface area contributed by atoms with Gasteiger partial charge in [-0.25, -0.2) is 14.2 Å². The van der Waals surface area contributed by atoms with Crippen LogP contribution in [-0.2, 0) is 17.6 Å². The van der Waals surface area contributed by atoms with Gasteiger partial charge < -0.3 is 14.0 Å². The largest absolute Gasteiger partial charge is 0.494 e. The molecule has 0 bridgehead atoms. The van der Waals surface area contributed by atoms with E-state index in [0.29, 0.717) is 5.82 Å².